The molecular weight excluding hydrogens is 1920 g/mol. The number of unbranched alkanes of at least 4 members (excludes halogenated alkanes) is 4. The summed E-state index contributed by atoms with van der Waals surface area (Å²) in [6.07, 6.45) is -0.974. The summed E-state index contributed by atoms with van der Waals surface area (Å²) >= 11 is 0. The zero-order valence-corrected chi connectivity index (χ0v) is 84.5. The van der Waals surface area contributed by atoms with Crippen LogP contribution in [0.15, 0.2) is 4.99 Å². The van der Waals surface area contributed by atoms with E-state index in [9.17, 15) is 131 Å². The number of guanidine groups is 1. The molecule has 0 saturated carbocycles. The smallest absolute Gasteiger partial charge is 0.326 e. The first-order chi connectivity index (χ1) is 69.0. The molecule has 146 heavy (non-hydrogen) atoms. The molecular formula is C91H160N28O27. The number of hydrogen-bond acceptors (Lipinski definition) is 32. The number of rotatable bonds is 67. The van der Waals surface area contributed by atoms with Crippen LogP contribution in [0.2, 0.25) is 0 Å². The highest BCUT2D eigenvalue weighted by Gasteiger charge is 2.47. The van der Waals surface area contributed by atoms with Gasteiger partial charge in [0.05, 0.1) is 38.4 Å². The lowest BCUT2D eigenvalue weighted by Gasteiger charge is -2.32. The predicted octanol–water partition coefficient (Wildman–Crippen LogP) is -12.3. The highest BCUT2D eigenvalue weighted by Crippen LogP contribution is 2.27. The highest BCUT2D eigenvalue weighted by molar-refractivity contribution is 6.03. The van der Waals surface area contributed by atoms with Gasteiger partial charge in [0.2, 0.25) is 118 Å². The Kier molecular flexibility index (Phi) is 55.8. The fourth-order valence-corrected chi connectivity index (χ4v) is 17.3. The second-order valence-electron chi connectivity index (χ2n) is 38.1. The fourth-order valence-electron chi connectivity index (χ4n) is 17.3. The molecule has 4 aliphatic rings. The Morgan fingerprint density at radius 1 is 0.322 bits per heavy atom. The fraction of sp³-hybridized carbons (Fsp3) is 0.758. The van der Waals surface area contributed by atoms with Crippen molar-refractivity contribution < 1.29 is 131 Å². The van der Waals surface area contributed by atoms with Crippen molar-refractivity contribution in [1.29, 1.82) is 0 Å². The van der Waals surface area contributed by atoms with E-state index < -0.39 is 290 Å². The maximum absolute atomic E-state index is 14.9. The monoisotopic (exact) mass is 2080 g/mol. The number of nitrogens with one attached hydrogen (secondary N) is 14. The van der Waals surface area contributed by atoms with Gasteiger partial charge in [0, 0.05) is 39.1 Å². The summed E-state index contributed by atoms with van der Waals surface area (Å²) in [5.74, 6) is -21.6. The molecule has 0 aliphatic carbocycles. The molecule has 4 rings (SSSR count). The Labute approximate surface area is 847 Å². The minimum atomic E-state index is -2.11. The molecule has 55 nitrogen and oxygen atoms in total. The Hall–Kier alpha value is -12.3. The summed E-state index contributed by atoms with van der Waals surface area (Å²) in [6, 6.07) is -29.1. The molecule has 4 aliphatic heterocycles. The van der Waals surface area contributed by atoms with Gasteiger partial charge in [-0.3, -0.25) is 101 Å². The molecule has 0 spiro atoms. The minimum absolute atomic E-state index is 0.000180. The quantitative estimate of drug-likeness (QED) is 0.0153. The van der Waals surface area contributed by atoms with Crippen LogP contribution in [0.25, 0.3) is 0 Å². The lowest BCUT2D eigenvalue weighted by atomic mass is 10.0. The van der Waals surface area contributed by atoms with Crippen LogP contribution < -0.4 is 126 Å². The van der Waals surface area contributed by atoms with E-state index in [1.807, 2.05) is 0 Å². The summed E-state index contributed by atoms with van der Waals surface area (Å²) in [4.78, 5) is 301. The Balaban J connectivity index is 1.47. The molecule has 55 heteroatoms. The van der Waals surface area contributed by atoms with Crippen molar-refractivity contribution in [2.75, 3.05) is 78.7 Å². The molecule has 0 unspecified atom stereocenters. The number of likely N-dealkylation sites (tertiary alicyclic amines) is 4. The van der Waals surface area contributed by atoms with Crippen LogP contribution in [0.1, 0.15) is 222 Å². The van der Waals surface area contributed by atoms with Crippen molar-refractivity contribution in [3.05, 3.63) is 0 Å². The first-order valence-electron chi connectivity index (χ1n) is 50.1. The van der Waals surface area contributed by atoms with Crippen molar-refractivity contribution in [2.24, 2.45) is 68.4 Å². The lowest BCUT2D eigenvalue weighted by molar-refractivity contribution is -0.145. The summed E-state index contributed by atoms with van der Waals surface area (Å²) in [5.41, 5.74) is 51.1. The number of nitrogens with two attached hydrogens (primary N) is 9. The van der Waals surface area contributed by atoms with E-state index in [-0.39, 0.29) is 179 Å². The van der Waals surface area contributed by atoms with Gasteiger partial charge in [-0.05, 0) is 219 Å². The standard InChI is InChI=1S/C91H160N28O27/c1-47(2)41-59(110-72(127)49(5)102-73(128)55(25-16-36-101-91(99)100)104-75(130)54(23-10-14-34-94)106-84(139)70(98)50(6)123)88(143)118-39-19-28-66(118)82(137)109-58(43-69(97)126)77(132)115-71(51(7)124)85(140)113-62(45-121)78(133)112-61(44-120)79(134)114-63(46-122)89(144)119-40-20-27-65(119)81(136)108-57(30-31-68(96)125)87(142)117-38-17-26-64(117)80(135)105-53(22-9-13-33-93)74(129)103-52(21-8-12-32-92)76(131)107-56(24-11-15-35-95)86(141)116-37-18-29-67(116)83(138)111-60(90(145)146)42-48(3)4/h47-67,70-71,120-124H,8-46,92-95,98H2,1-7H3,(H2,96,125)(H2,97,126)(H,102,128)(H,103,129)(H,104,130)(H,105,135)(H,106,139)(H,107,131)(H,108,136)(H,109,137)(H,110,127)(H,111,138)(H,112,133)(H,113,140)(H,114,134)(H,115,132)(H,145,146)(H4,99,100,101)/t49-,50+,51+,52-,53-,54-,55-,56-,57-,58-,59-,60-,61-,62-,63-,64-,65-,66-,67-,70-,71-/m0/s1. The number of nitrogens with zero attached hydrogens (tertiary/aromatic N) is 5. The molecule has 20 amide bonds. The van der Waals surface area contributed by atoms with Crippen LogP contribution in [0, 0.1) is 11.8 Å². The lowest BCUT2D eigenvalue weighted by Crippen LogP contribution is -2.63. The summed E-state index contributed by atoms with van der Waals surface area (Å²) in [7, 11) is 0. The maximum atomic E-state index is 14.9. The number of primary amides is 2. The number of hydrogen-bond donors (Lipinski definition) is 29. The van der Waals surface area contributed by atoms with E-state index in [0.29, 0.717) is 51.4 Å². The van der Waals surface area contributed by atoms with Crippen molar-refractivity contribution in [3.63, 3.8) is 0 Å². The van der Waals surface area contributed by atoms with Crippen molar-refractivity contribution in [3.8, 4) is 0 Å². The summed E-state index contributed by atoms with van der Waals surface area (Å²) in [6.45, 7) is 7.45. The molecule has 0 aromatic rings. The highest BCUT2D eigenvalue weighted by atomic mass is 16.4. The van der Waals surface area contributed by atoms with E-state index in [2.05, 4.69) is 79.4 Å². The van der Waals surface area contributed by atoms with Gasteiger partial charge in [-0.2, -0.15) is 0 Å². The largest absolute Gasteiger partial charge is 0.480 e. The van der Waals surface area contributed by atoms with Crippen molar-refractivity contribution >= 4 is 130 Å². The van der Waals surface area contributed by atoms with Crippen LogP contribution in [-0.2, 0) is 101 Å². The number of amides is 20. The van der Waals surface area contributed by atoms with Gasteiger partial charge in [0.1, 0.15) is 115 Å². The number of carboxylic acid groups (broad SMARTS) is 1. The third kappa shape index (κ3) is 41.2. The third-order valence-electron chi connectivity index (χ3n) is 25.3. The van der Waals surface area contributed by atoms with Crippen LogP contribution in [0.4, 0.5) is 0 Å². The van der Waals surface area contributed by atoms with Gasteiger partial charge in [-0.25, -0.2) is 4.79 Å². The molecule has 21 atom stereocenters. The van der Waals surface area contributed by atoms with Gasteiger partial charge in [-0.1, -0.05) is 27.7 Å². The number of aliphatic imine (C=N–C) groups is 1. The van der Waals surface area contributed by atoms with Crippen LogP contribution in [-0.4, -0.2) is 386 Å². The van der Waals surface area contributed by atoms with Crippen LogP contribution >= 0.6 is 0 Å². The molecule has 826 valence electrons. The first-order valence-corrected chi connectivity index (χ1v) is 50.1. The molecule has 0 aromatic carbocycles. The van der Waals surface area contributed by atoms with Crippen LogP contribution in [0.3, 0.4) is 0 Å². The summed E-state index contributed by atoms with van der Waals surface area (Å²) in [5, 5.41) is 96.8. The number of carbonyl (C=O) groups excluding carboxylic acids is 20. The molecule has 0 bridgehead atoms. The Bertz CT molecular complexity index is 4420. The normalized spacial score (nSPS) is 19.0. The van der Waals surface area contributed by atoms with E-state index in [1.54, 1.807) is 27.7 Å². The number of aliphatic hydroxyl groups is 5. The molecule has 4 fully saturated rings. The van der Waals surface area contributed by atoms with E-state index in [0.717, 1.165) is 21.6 Å². The third-order valence-corrected chi connectivity index (χ3v) is 25.3. The average molecular weight is 2080 g/mol. The maximum Gasteiger partial charge on any atom is 0.326 e. The van der Waals surface area contributed by atoms with Gasteiger partial charge in [0.15, 0.2) is 5.96 Å². The predicted molar refractivity (Wildman–Crippen MR) is 525 cm³/mol. The molecule has 38 N–H and O–H groups in total. The van der Waals surface area contributed by atoms with Gasteiger partial charge < -0.3 is 176 Å². The van der Waals surface area contributed by atoms with E-state index in [1.165, 1.54) is 18.7 Å². The SMILES string of the molecule is CC(C)C[C@H](NC(=O)[C@@H]1CCCN1C(=O)[C@H](CCCCN)NC(=O)[C@H](CCCCN)NC(=O)[C@H](CCCCN)NC(=O)[C@@H]1CCCN1C(=O)[C@H](CCC(N)=O)NC(=O)[C@@H]1CCCN1C(=O)[C@H](CO)NC(=O)[C@H](CO)NC(=O)[C@H](CO)NC(=O)[C@@H](NC(=O)[C@H](CC(N)=O)NC(=O)[C@@H]1CCCN1C(=O)[C@H](CC(C)C)NC(=O)[C@H](C)NC(=O)[C@H](CCCN=C(N)N)NC(=O)[C@H](CCCCN)NC(=O)[C@@H](N)[C@@H](C)O)[C@@H](C)O)C(=O)O. The molecule has 0 radical (unpaired) electrons. The topological polar surface area (TPSA) is 908 Å². The van der Waals surface area contributed by atoms with Gasteiger partial charge in [-0.15, -0.1) is 0 Å². The summed E-state index contributed by atoms with van der Waals surface area (Å²) < 4.78 is 0. The second-order valence-corrected chi connectivity index (χ2v) is 38.1. The zero-order valence-electron chi connectivity index (χ0n) is 84.5. The first kappa shape index (κ1) is 126. The number of aliphatic hydroxyl groups excluding tert-OH is 5. The van der Waals surface area contributed by atoms with E-state index >= 15 is 0 Å². The van der Waals surface area contributed by atoms with Crippen LogP contribution in [0.5, 0.6) is 0 Å². The Morgan fingerprint density at radius 3 is 0.993 bits per heavy atom. The van der Waals surface area contributed by atoms with E-state index in [4.69, 9.17) is 51.6 Å². The second kappa shape index (κ2) is 64.7. The van der Waals surface area contributed by atoms with Gasteiger partial charge in [0.25, 0.3) is 0 Å². The average Bonchev–Trinajstić information content (AvgIpc) is 1.66. The Morgan fingerprint density at radius 2 is 0.623 bits per heavy atom. The van der Waals surface area contributed by atoms with Gasteiger partial charge >= 0.3 is 5.97 Å². The van der Waals surface area contributed by atoms with Crippen molar-refractivity contribution in [2.45, 2.75) is 349 Å². The molecule has 4 saturated heterocycles. The number of aliphatic carboxylic acids is 1. The molecule has 4 heterocycles. The van der Waals surface area contributed by atoms with Crippen molar-refractivity contribution in [1.82, 2.24) is 94.0 Å². The minimum Gasteiger partial charge on any atom is -0.480 e. The number of carbonyl (C=O) groups is 21. The number of carboxylic acids is 1. The zero-order chi connectivity index (χ0) is 109. The molecule has 0 aromatic heterocycles.